The Morgan fingerprint density at radius 3 is 2.67 bits per heavy atom. The van der Waals surface area contributed by atoms with Gasteiger partial charge in [-0.25, -0.2) is 0 Å². The van der Waals surface area contributed by atoms with Crippen LogP contribution in [0.25, 0.3) is 0 Å². The minimum atomic E-state index is 0.106. The van der Waals surface area contributed by atoms with Gasteiger partial charge in [-0.1, -0.05) is 22.0 Å². The third-order valence-corrected chi connectivity index (χ3v) is 4.85. The number of halogens is 1. The maximum Gasteiger partial charge on any atom is 0.247 e. The van der Waals surface area contributed by atoms with Crippen molar-refractivity contribution < 1.29 is 4.79 Å². The maximum absolute atomic E-state index is 11.4. The summed E-state index contributed by atoms with van der Waals surface area (Å²) in [7, 11) is 0. The number of anilines is 3. The number of hydrogen-bond donors (Lipinski definition) is 1. The summed E-state index contributed by atoms with van der Waals surface area (Å²) in [5, 5.41) is 11.4. The van der Waals surface area contributed by atoms with E-state index >= 15 is 0 Å². The van der Waals surface area contributed by atoms with Gasteiger partial charge in [0.05, 0.1) is 6.20 Å². The van der Waals surface area contributed by atoms with Crippen LogP contribution in [0, 0.1) is 6.92 Å². The molecular formula is C16H19BrN6O. The molecule has 126 valence electrons. The van der Waals surface area contributed by atoms with Gasteiger partial charge in [0.1, 0.15) is 0 Å². The van der Waals surface area contributed by atoms with E-state index in [1.54, 1.807) is 13.1 Å². The summed E-state index contributed by atoms with van der Waals surface area (Å²) in [4.78, 5) is 19.8. The number of hydrogen-bond acceptors (Lipinski definition) is 6. The summed E-state index contributed by atoms with van der Waals surface area (Å²) >= 11 is 3.52. The van der Waals surface area contributed by atoms with Gasteiger partial charge in [0.25, 0.3) is 0 Å². The Bertz CT molecular complexity index is 745. The zero-order valence-electron chi connectivity index (χ0n) is 13.7. The maximum atomic E-state index is 11.4. The van der Waals surface area contributed by atoms with Crippen LogP contribution in [0.3, 0.4) is 0 Å². The van der Waals surface area contributed by atoms with Gasteiger partial charge < -0.3 is 15.1 Å². The molecule has 0 unspecified atom stereocenters. The zero-order valence-corrected chi connectivity index (χ0v) is 15.2. The molecule has 7 nitrogen and oxygen atoms in total. The normalized spacial score (nSPS) is 14.6. The number of amides is 1. The molecule has 1 aliphatic rings. The van der Waals surface area contributed by atoms with Crippen LogP contribution < -0.4 is 10.2 Å². The lowest BCUT2D eigenvalue weighted by Gasteiger charge is -2.33. The Hall–Kier alpha value is -2.22. The first kappa shape index (κ1) is 16.6. The first-order valence-corrected chi connectivity index (χ1v) is 8.55. The summed E-state index contributed by atoms with van der Waals surface area (Å²) in [6.07, 6.45) is 1.60. The Labute approximate surface area is 149 Å². The van der Waals surface area contributed by atoms with Crippen molar-refractivity contribution in [2.24, 2.45) is 0 Å². The number of piperazine rings is 1. The van der Waals surface area contributed by atoms with Gasteiger partial charge in [0.15, 0.2) is 5.82 Å². The van der Waals surface area contributed by atoms with Crippen molar-refractivity contribution in [1.29, 1.82) is 0 Å². The second kappa shape index (κ2) is 7.12. The lowest BCUT2D eigenvalue weighted by atomic mass is 10.2. The van der Waals surface area contributed by atoms with Crippen molar-refractivity contribution in [3.63, 3.8) is 0 Å². The summed E-state index contributed by atoms with van der Waals surface area (Å²) in [6, 6.07) is 6.03. The minimum Gasteiger partial charge on any atom is -0.339 e. The molecule has 1 aromatic heterocycles. The quantitative estimate of drug-likeness (QED) is 0.866. The Kier molecular flexibility index (Phi) is 4.94. The first-order chi connectivity index (χ1) is 11.5. The van der Waals surface area contributed by atoms with E-state index in [0.717, 1.165) is 10.2 Å². The number of aromatic nitrogens is 3. The van der Waals surface area contributed by atoms with Crippen LogP contribution in [-0.4, -0.2) is 52.2 Å². The number of aryl methyl sites for hydroxylation is 1. The fraction of sp³-hybridized carbons (Fsp3) is 0.375. The summed E-state index contributed by atoms with van der Waals surface area (Å²) in [5.74, 6) is 1.33. The Morgan fingerprint density at radius 2 is 2.00 bits per heavy atom. The topological polar surface area (TPSA) is 74.2 Å². The highest BCUT2D eigenvalue weighted by atomic mass is 79.9. The van der Waals surface area contributed by atoms with Crippen LogP contribution in [0.2, 0.25) is 0 Å². The standard InChI is InChI=1S/C16H19BrN6O/c1-11-3-4-13(9-14(11)17)19-15-10-18-21-16(20-15)23-7-5-22(6-8-23)12(2)24/h3-4,9-10H,5-8H2,1-2H3,(H,19,20,21). The predicted molar refractivity (Wildman–Crippen MR) is 96.5 cm³/mol. The molecule has 0 radical (unpaired) electrons. The number of nitrogens with zero attached hydrogens (tertiary/aromatic N) is 5. The highest BCUT2D eigenvalue weighted by Gasteiger charge is 2.20. The highest BCUT2D eigenvalue weighted by molar-refractivity contribution is 9.10. The van der Waals surface area contributed by atoms with E-state index < -0.39 is 0 Å². The fourth-order valence-corrected chi connectivity index (χ4v) is 2.91. The van der Waals surface area contributed by atoms with E-state index in [-0.39, 0.29) is 5.91 Å². The van der Waals surface area contributed by atoms with Gasteiger partial charge in [0, 0.05) is 43.3 Å². The summed E-state index contributed by atoms with van der Waals surface area (Å²) in [5.41, 5.74) is 2.10. The van der Waals surface area contributed by atoms with Crippen molar-refractivity contribution in [2.45, 2.75) is 13.8 Å². The Balaban J connectivity index is 1.70. The highest BCUT2D eigenvalue weighted by Crippen LogP contribution is 2.23. The second-order valence-electron chi connectivity index (χ2n) is 5.72. The molecule has 2 heterocycles. The molecule has 0 atom stereocenters. The molecular weight excluding hydrogens is 372 g/mol. The van der Waals surface area contributed by atoms with E-state index in [2.05, 4.69) is 36.4 Å². The number of rotatable bonds is 3. The third-order valence-electron chi connectivity index (χ3n) is 4.00. The lowest BCUT2D eigenvalue weighted by Crippen LogP contribution is -2.48. The molecule has 24 heavy (non-hydrogen) atoms. The molecule has 1 amide bonds. The van der Waals surface area contributed by atoms with Crippen molar-refractivity contribution in [3.8, 4) is 0 Å². The summed E-state index contributed by atoms with van der Waals surface area (Å²) in [6.45, 7) is 6.42. The zero-order chi connectivity index (χ0) is 17.1. The van der Waals surface area contributed by atoms with Crippen LogP contribution >= 0.6 is 15.9 Å². The number of carbonyl (C=O) groups excluding carboxylic acids is 1. The summed E-state index contributed by atoms with van der Waals surface area (Å²) < 4.78 is 1.04. The fourth-order valence-electron chi connectivity index (χ4n) is 2.53. The van der Waals surface area contributed by atoms with Crippen molar-refractivity contribution in [1.82, 2.24) is 20.1 Å². The molecule has 3 rings (SSSR count). The van der Waals surface area contributed by atoms with Gasteiger partial charge in [-0.2, -0.15) is 10.1 Å². The van der Waals surface area contributed by atoms with Gasteiger partial charge in [-0.05, 0) is 24.6 Å². The lowest BCUT2D eigenvalue weighted by molar-refractivity contribution is -0.129. The average molecular weight is 391 g/mol. The molecule has 1 saturated heterocycles. The van der Waals surface area contributed by atoms with Crippen LogP contribution in [0.5, 0.6) is 0 Å². The second-order valence-corrected chi connectivity index (χ2v) is 6.58. The van der Waals surface area contributed by atoms with E-state index in [1.165, 1.54) is 5.56 Å². The first-order valence-electron chi connectivity index (χ1n) is 7.76. The molecule has 2 aromatic rings. The van der Waals surface area contributed by atoms with Gasteiger partial charge in [0.2, 0.25) is 11.9 Å². The average Bonchev–Trinajstić information content (AvgIpc) is 2.58. The predicted octanol–water partition coefficient (Wildman–Crippen LogP) is 2.35. The number of benzene rings is 1. The molecule has 1 N–H and O–H groups in total. The smallest absolute Gasteiger partial charge is 0.247 e. The molecule has 1 fully saturated rings. The van der Waals surface area contributed by atoms with Crippen LogP contribution in [-0.2, 0) is 4.79 Å². The third kappa shape index (κ3) is 3.81. The van der Waals surface area contributed by atoms with E-state index in [0.29, 0.717) is 37.9 Å². The largest absolute Gasteiger partial charge is 0.339 e. The van der Waals surface area contributed by atoms with Gasteiger partial charge in [-0.15, -0.1) is 5.10 Å². The minimum absolute atomic E-state index is 0.106. The number of carbonyl (C=O) groups is 1. The monoisotopic (exact) mass is 390 g/mol. The van der Waals surface area contributed by atoms with Crippen molar-refractivity contribution in [3.05, 3.63) is 34.4 Å². The van der Waals surface area contributed by atoms with Gasteiger partial charge >= 0.3 is 0 Å². The van der Waals surface area contributed by atoms with Crippen LogP contribution in [0.4, 0.5) is 17.5 Å². The molecule has 0 spiro atoms. The van der Waals surface area contributed by atoms with E-state index in [9.17, 15) is 4.79 Å². The van der Waals surface area contributed by atoms with Gasteiger partial charge in [-0.3, -0.25) is 4.79 Å². The van der Waals surface area contributed by atoms with Crippen molar-refractivity contribution in [2.75, 3.05) is 36.4 Å². The molecule has 0 aliphatic carbocycles. The molecule has 1 aliphatic heterocycles. The molecule has 0 saturated carbocycles. The number of nitrogens with one attached hydrogen (secondary N) is 1. The molecule has 8 heteroatoms. The van der Waals surface area contributed by atoms with Crippen molar-refractivity contribution >= 4 is 39.3 Å². The van der Waals surface area contributed by atoms with Crippen LogP contribution in [0.15, 0.2) is 28.9 Å². The van der Waals surface area contributed by atoms with E-state index in [1.807, 2.05) is 34.9 Å². The van der Waals surface area contributed by atoms with E-state index in [4.69, 9.17) is 0 Å². The van der Waals surface area contributed by atoms with Crippen LogP contribution in [0.1, 0.15) is 12.5 Å². The molecule has 1 aromatic carbocycles. The molecule has 0 bridgehead atoms. The Morgan fingerprint density at radius 1 is 1.25 bits per heavy atom. The SMILES string of the molecule is CC(=O)N1CCN(c2nncc(Nc3ccc(C)c(Br)c3)n2)CC1.